The van der Waals surface area contributed by atoms with Gasteiger partial charge in [-0.3, -0.25) is 4.79 Å². The van der Waals surface area contributed by atoms with Crippen molar-refractivity contribution in [2.45, 2.75) is 45.1 Å². The topological polar surface area (TPSA) is 65.5 Å². The zero-order chi connectivity index (χ0) is 21.4. The van der Waals surface area contributed by atoms with Gasteiger partial charge >= 0.3 is 0 Å². The molecule has 1 aliphatic carbocycles. The zero-order valence-corrected chi connectivity index (χ0v) is 17.8. The van der Waals surface area contributed by atoms with E-state index < -0.39 is 0 Å². The third-order valence-corrected chi connectivity index (χ3v) is 5.37. The highest BCUT2D eigenvalue weighted by molar-refractivity contribution is 5.94. The Morgan fingerprint density at radius 2 is 1.87 bits per heavy atom. The van der Waals surface area contributed by atoms with E-state index in [2.05, 4.69) is 20.9 Å². The van der Waals surface area contributed by atoms with Crippen LogP contribution in [0.2, 0.25) is 0 Å². The fourth-order valence-corrected chi connectivity index (χ4v) is 3.45. The summed E-state index contributed by atoms with van der Waals surface area (Å²) in [4.78, 5) is 16.9. The van der Waals surface area contributed by atoms with Gasteiger partial charge in [0, 0.05) is 30.6 Å². The van der Waals surface area contributed by atoms with Gasteiger partial charge in [0.15, 0.2) is 5.96 Å². The lowest BCUT2D eigenvalue weighted by atomic mass is 9.96. The van der Waals surface area contributed by atoms with E-state index >= 15 is 0 Å². The average molecular weight is 411 g/mol. The second-order valence-corrected chi connectivity index (χ2v) is 7.80. The molecule has 0 saturated heterocycles. The molecular formula is C24H31FN4O. The predicted molar refractivity (Wildman–Crippen MR) is 119 cm³/mol. The van der Waals surface area contributed by atoms with Gasteiger partial charge in [-0.15, -0.1) is 0 Å². The van der Waals surface area contributed by atoms with Crippen molar-refractivity contribution in [3.05, 3.63) is 71.0 Å². The summed E-state index contributed by atoms with van der Waals surface area (Å²) in [5.41, 5.74) is 2.65. The lowest BCUT2D eigenvalue weighted by Crippen LogP contribution is -2.41. The number of halogens is 1. The van der Waals surface area contributed by atoms with Gasteiger partial charge in [-0.2, -0.15) is 0 Å². The molecule has 0 bridgehead atoms. The highest BCUT2D eigenvalue weighted by atomic mass is 19.1. The standard InChI is InChI=1S/C24H31FN4O/c1-3-13-27-22(30)19-8-5-7-18(14-19)16-28-23(26-4-2)29-17-24(11-12-24)20-9-6-10-21(25)15-20/h5-10,14-15H,3-4,11-13,16-17H2,1-2H3,(H,27,30)(H2,26,28,29). The van der Waals surface area contributed by atoms with Crippen molar-refractivity contribution in [3.63, 3.8) is 0 Å². The lowest BCUT2D eigenvalue weighted by Gasteiger charge is -2.19. The first-order valence-electron chi connectivity index (χ1n) is 10.7. The molecular weight excluding hydrogens is 379 g/mol. The van der Waals surface area contributed by atoms with E-state index in [0.29, 0.717) is 25.2 Å². The molecule has 3 rings (SSSR count). The van der Waals surface area contributed by atoms with Crippen molar-refractivity contribution in [1.29, 1.82) is 0 Å². The normalized spacial score (nSPS) is 14.8. The molecule has 2 aromatic rings. The van der Waals surface area contributed by atoms with Crippen LogP contribution >= 0.6 is 0 Å². The third-order valence-electron chi connectivity index (χ3n) is 5.37. The first-order chi connectivity index (χ1) is 14.6. The molecule has 2 aromatic carbocycles. The van der Waals surface area contributed by atoms with Gasteiger partial charge in [0.1, 0.15) is 5.82 Å². The maximum Gasteiger partial charge on any atom is 0.251 e. The second-order valence-electron chi connectivity index (χ2n) is 7.80. The third kappa shape index (κ3) is 5.81. The van der Waals surface area contributed by atoms with Crippen LogP contribution in [0.25, 0.3) is 0 Å². The minimum absolute atomic E-state index is 0.0183. The first-order valence-corrected chi connectivity index (χ1v) is 10.7. The van der Waals surface area contributed by atoms with Gasteiger partial charge in [-0.05, 0) is 61.6 Å². The van der Waals surface area contributed by atoms with Crippen molar-refractivity contribution >= 4 is 11.9 Å². The lowest BCUT2D eigenvalue weighted by molar-refractivity contribution is 0.0953. The predicted octanol–water partition coefficient (Wildman–Crippen LogP) is 3.75. The number of amides is 1. The number of benzene rings is 2. The minimum Gasteiger partial charge on any atom is -0.357 e. The number of rotatable bonds is 9. The molecule has 1 aliphatic rings. The monoisotopic (exact) mass is 410 g/mol. The molecule has 0 spiro atoms. The molecule has 5 nitrogen and oxygen atoms in total. The summed E-state index contributed by atoms with van der Waals surface area (Å²) in [6.45, 7) is 6.65. The Bertz CT molecular complexity index is 892. The van der Waals surface area contributed by atoms with E-state index in [-0.39, 0.29) is 17.1 Å². The molecule has 0 aliphatic heterocycles. The molecule has 6 heteroatoms. The Morgan fingerprint density at radius 3 is 2.57 bits per heavy atom. The summed E-state index contributed by atoms with van der Waals surface area (Å²) < 4.78 is 13.6. The highest BCUT2D eigenvalue weighted by Crippen LogP contribution is 2.47. The van der Waals surface area contributed by atoms with Crippen LogP contribution < -0.4 is 16.0 Å². The van der Waals surface area contributed by atoms with Crippen molar-refractivity contribution in [3.8, 4) is 0 Å². The number of carbonyl (C=O) groups is 1. The Kier molecular flexibility index (Phi) is 7.44. The van der Waals surface area contributed by atoms with E-state index in [1.165, 1.54) is 6.07 Å². The summed E-state index contributed by atoms with van der Waals surface area (Å²) in [5.74, 6) is 0.474. The van der Waals surface area contributed by atoms with Crippen LogP contribution in [0.3, 0.4) is 0 Å². The molecule has 160 valence electrons. The minimum atomic E-state index is -0.192. The van der Waals surface area contributed by atoms with Crippen LogP contribution in [0.4, 0.5) is 4.39 Å². The van der Waals surface area contributed by atoms with Crippen LogP contribution in [0.15, 0.2) is 53.5 Å². The van der Waals surface area contributed by atoms with Crippen LogP contribution in [0.5, 0.6) is 0 Å². The second kappa shape index (κ2) is 10.2. The number of nitrogens with one attached hydrogen (secondary N) is 3. The quantitative estimate of drug-likeness (QED) is 0.436. The van der Waals surface area contributed by atoms with Crippen LogP contribution in [-0.4, -0.2) is 31.5 Å². The van der Waals surface area contributed by atoms with E-state index in [0.717, 1.165) is 42.9 Å². The molecule has 1 saturated carbocycles. The summed E-state index contributed by atoms with van der Waals surface area (Å²) in [5, 5.41) is 9.58. The highest BCUT2D eigenvalue weighted by Gasteiger charge is 2.44. The smallest absolute Gasteiger partial charge is 0.251 e. The fourth-order valence-electron chi connectivity index (χ4n) is 3.45. The van der Waals surface area contributed by atoms with Gasteiger partial charge in [-0.25, -0.2) is 9.38 Å². The maximum absolute atomic E-state index is 13.6. The molecule has 0 unspecified atom stereocenters. The van der Waals surface area contributed by atoms with E-state index in [9.17, 15) is 9.18 Å². The molecule has 1 fully saturated rings. The summed E-state index contributed by atoms with van der Waals surface area (Å²) in [6.07, 6.45) is 2.99. The van der Waals surface area contributed by atoms with Gasteiger partial charge in [-0.1, -0.05) is 31.2 Å². The fraction of sp³-hybridized carbons (Fsp3) is 0.417. The first kappa shape index (κ1) is 21.8. The van der Waals surface area contributed by atoms with E-state index in [1.807, 2.05) is 44.2 Å². The van der Waals surface area contributed by atoms with Crippen LogP contribution in [-0.2, 0) is 12.0 Å². The number of nitrogens with zero attached hydrogens (tertiary/aromatic N) is 1. The van der Waals surface area contributed by atoms with Gasteiger partial charge in [0.05, 0.1) is 6.54 Å². The van der Waals surface area contributed by atoms with Gasteiger partial charge in [0.2, 0.25) is 0 Å². The maximum atomic E-state index is 13.6. The Hall–Kier alpha value is -2.89. The summed E-state index contributed by atoms with van der Waals surface area (Å²) in [7, 11) is 0. The Labute approximate surface area is 178 Å². The molecule has 30 heavy (non-hydrogen) atoms. The van der Waals surface area contributed by atoms with Gasteiger partial charge < -0.3 is 16.0 Å². The van der Waals surface area contributed by atoms with Crippen LogP contribution in [0, 0.1) is 5.82 Å². The van der Waals surface area contributed by atoms with Crippen molar-refractivity contribution in [2.24, 2.45) is 4.99 Å². The largest absolute Gasteiger partial charge is 0.357 e. The number of aliphatic imine (C=N–C) groups is 1. The zero-order valence-electron chi connectivity index (χ0n) is 17.8. The van der Waals surface area contributed by atoms with Gasteiger partial charge in [0.25, 0.3) is 5.91 Å². The average Bonchev–Trinajstić information content (AvgIpc) is 3.55. The SMILES string of the molecule is CCCNC(=O)c1cccc(CN=C(NCC)NCC2(c3cccc(F)c3)CC2)c1. The number of carbonyl (C=O) groups excluding carboxylic acids is 1. The number of hydrogen-bond acceptors (Lipinski definition) is 2. The van der Waals surface area contributed by atoms with E-state index in [4.69, 9.17) is 0 Å². The molecule has 3 N–H and O–H groups in total. The molecule has 0 aromatic heterocycles. The number of guanidine groups is 1. The Balaban J connectivity index is 1.63. The Morgan fingerprint density at radius 1 is 1.07 bits per heavy atom. The van der Waals surface area contributed by atoms with Crippen molar-refractivity contribution in [2.75, 3.05) is 19.6 Å². The van der Waals surface area contributed by atoms with Crippen molar-refractivity contribution in [1.82, 2.24) is 16.0 Å². The summed E-state index contributed by atoms with van der Waals surface area (Å²) in [6, 6.07) is 14.4. The van der Waals surface area contributed by atoms with Crippen LogP contribution in [0.1, 0.15) is 54.6 Å². The molecule has 1 amide bonds. The number of hydrogen-bond donors (Lipinski definition) is 3. The molecule has 0 heterocycles. The molecule has 0 radical (unpaired) electrons. The van der Waals surface area contributed by atoms with Crippen molar-refractivity contribution < 1.29 is 9.18 Å². The van der Waals surface area contributed by atoms with E-state index in [1.54, 1.807) is 12.1 Å². The summed E-state index contributed by atoms with van der Waals surface area (Å²) >= 11 is 0. The molecule has 0 atom stereocenters.